The number of guanidine groups is 1. The third kappa shape index (κ3) is 7.44. The van der Waals surface area contributed by atoms with Crippen molar-refractivity contribution < 1.29 is 9.47 Å². The average Bonchev–Trinajstić information content (AvgIpc) is 3.34. The van der Waals surface area contributed by atoms with Gasteiger partial charge in [0.2, 0.25) is 0 Å². The minimum atomic E-state index is 0. The summed E-state index contributed by atoms with van der Waals surface area (Å²) in [5.41, 5.74) is 3.43. The second kappa shape index (κ2) is 13.6. The molecule has 172 valence electrons. The van der Waals surface area contributed by atoms with Gasteiger partial charge in [-0.05, 0) is 61.2 Å². The molecule has 2 N–H and O–H groups in total. The Labute approximate surface area is 207 Å². The summed E-state index contributed by atoms with van der Waals surface area (Å²) in [5, 5.41) is 11.0. The number of hydrogen-bond donors (Lipinski definition) is 2. The summed E-state index contributed by atoms with van der Waals surface area (Å²) >= 11 is 0. The van der Waals surface area contributed by atoms with Crippen molar-refractivity contribution >= 4 is 29.9 Å². The number of nitrogens with zero attached hydrogens (tertiary/aromatic N) is 3. The molecular weight excluding hydrogens is 517 g/mol. The summed E-state index contributed by atoms with van der Waals surface area (Å²) in [5.74, 6) is 2.35. The normalized spacial score (nSPS) is 10.9. The lowest BCUT2D eigenvalue weighted by molar-refractivity contribution is 0.310. The Balaban J connectivity index is 0.00000363. The molecule has 0 aliphatic carbocycles. The van der Waals surface area contributed by atoms with Crippen molar-refractivity contribution in [2.75, 3.05) is 27.3 Å². The summed E-state index contributed by atoms with van der Waals surface area (Å²) in [6.07, 6.45) is 5.64. The molecule has 0 saturated carbocycles. The van der Waals surface area contributed by atoms with Gasteiger partial charge < -0.3 is 20.1 Å². The summed E-state index contributed by atoms with van der Waals surface area (Å²) in [6, 6.07) is 16.3. The van der Waals surface area contributed by atoms with Gasteiger partial charge in [0.15, 0.2) is 17.5 Å². The topological polar surface area (TPSA) is 72.7 Å². The molecule has 0 fully saturated rings. The van der Waals surface area contributed by atoms with E-state index in [1.165, 1.54) is 5.56 Å². The van der Waals surface area contributed by atoms with Gasteiger partial charge in [-0.15, -0.1) is 24.0 Å². The van der Waals surface area contributed by atoms with Gasteiger partial charge in [0.25, 0.3) is 0 Å². The van der Waals surface area contributed by atoms with E-state index in [0.29, 0.717) is 13.2 Å². The van der Waals surface area contributed by atoms with Crippen LogP contribution in [0.1, 0.15) is 24.5 Å². The first-order chi connectivity index (χ1) is 15.2. The predicted octanol–water partition coefficient (Wildman–Crippen LogP) is 4.20. The van der Waals surface area contributed by atoms with Gasteiger partial charge in [0.05, 0.1) is 19.4 Å². The largest absolute Gasteiger partial charge is 0.493 e. The summed E-state index contributed by atoms with van der Waals surface area (Å²) < 4.78 is 12.9. The maximum absolute atomic E-state index is 5.66. The zero-order chi connectivity index (χ0) is 21.9. The molecule has 3 rings (SSSR count). The molecule has 3 aromatic rings. The Hall–Kier alpha value is -2.75. The fraction of sp³-hybridized carbons (Fsp3) is 0.333. The van der Waals surface area contributed by atoms with Crippen LogP contribution in [0.4, 0.5) is 0 Å². The quantitative estimate of drug-likeness (QED) is 0.172. The Bertz CT molecular complexity index is 976. The number of nitrogens with one attached hydrogen (secondary N) is 2. The van der Waals surface area contributed by atoms with Crippen LogP contribution in [0.15, 0.2) is 65.9 Å². The minimum absolute atomic E-state index is 0. The van der Waals surface area contributed by atoms with Crippen LogP contribution in [-0.2, 0) is 13.0 Å². The molecule has 1 aromatic heterocycles. The van der Waals surface area contributed by atoms with Crippen molar-refractivity contribution in [2.45, 2.75) is 26.3 Å². The van der Waals surface area contributed by atoms with Gasteiger partial charge in [-0.25, -0.2) is 4.68 Å². The highest BCUT2D eigenvalue weighted by Gasteiger charge is 2.06. The fourth-order valence-corrected chi connectivity index (χ4v) is 3.28. The van der Waals surface area contributed by atoms with Crippen molar-refractivity contribution in [3.05, 3.63) is 72.1 Å². The van der Waals surface area contributed by atoms with E-state index in [2.05, 4.69) is 45.0 Å². The molecule has 0 saturated heterocycles. The highest BCUT2D eigenvalue weighted by molar-refractivity contribution is 14.0. The highest BCUT2D eigenvalue weighted by atomic mass is 127. The number of rotatable bonds is 10. The van der Waals surface area contributed by atoms with Gasteiger partial charge in [-0.3, -0.25) is 4.99 Å². The van der Waals surface area contributed by atoms with E-state index < -0.39 is 0 Å². The summed E-state index contributed by atoms with van der Waals surface area (Å²) in [6.45, 7) is 4.10. The van der Waals surface area contributed by atoms with Crippen LogP contribution in [0, 0.1) is 0 Å². The number of aryl methyl sites for hydroxylation is 1. The van der Waals surface area contributed by atoms with E-state index in [1.54, 1.807) is 20.4 Å². The van der Waals surface area contributed by atoms with Gasteiger partial charge in [-0.2, -0.15) is 5.10 Å². The zero-order valence-corrected chi connectivity index (χ0v) is 21.2. The van der Waals surface area contributed by atoms with Crippen LogP contribution in [0.2, 0.25) is 0 Å². The van der Waals surface area contributed by atoms with E-state index in [4.69, 9.17) is 9.47 Å². The molecule has 0 spiro atoms. The molecule has 0 radical (unpaired) electrons. The average molecular weight is 549 g/mol. The molecule has 0 aliphatic rings. The first-order valence-electron chi connectivity index (χ1n) is 10.6. The zero-order valence-electron chi connectivity index (χ0n) is 18.9. The number of benzene rings is 2. The van der Waals surface area contributed by atoms with E-state index >= 15 is 0 Å². The molecular formula is C24H32IN5O2. The lowest BCUT2D eigenvalue weighted by Crippen LogP contribution is -2.37. The SMILES string of the molecule is CCOc1cc(CCCNC(=NC)NCc2cccc(-n3cccn3)c2)ccc1OC.I. The first kappa shape index (κ1) is 25.5. The Morgan fingerprint density at radius 1 is 1.06 bits per heavy atom. The molecule has 0 bridgehead atoms. The number of aromatic nitrogens is 2. The molecule has 32 heavy (non-hydrogen) atoms. The van der Waals surface area contributed by atoms with E-state index in [1.807, 2.05) is 42.1 Å². The minimum Gasteiger partial charge on any atom is -0.493 e. The fourth-order valence-electron chi connectivity index (χ4n) is 3.28. The van der Waals surface area contributed by atoms with E-state index in [9.17, 15) is 0 Å². The second-order valence-electron chi connectivity index (χ2n) is 6.99. The van der Waals surface area contributed by atoms with Gasteiger partial charge >= 0.3 is 0 Å². The molecule has 0 atom stereocenters. The van der Waals surface area contributed by atoms with Crippen molar-refractivity contribution in [1.29, 1.82) is 0 Å². The number of aliphatic imine (C=N–C) groups is 1. The van der Waals surface area contributed by atoms with Gasteiger partial charge in [0.1, 0.15) is 0 Å². The Morgan fingerprint density at radius 3 is 2.66 bits per heavy atom. The Morgan fingerprint density at radius 2 is 1.94 bits per heavy atom. The molecule has 0 unspecified atom stereocenters. The lowest BCUT2D eigenvalue weighted by Gasteiger charge is -2.13. The monoisotopic (exact) mass is 549 g/mol. The van der Waals surface area contributed by atoms with E-state index in [-0.39, 0.29) is 24.0 Å². The van der Waals surface area contributed by atoms with Crippen LogP contribution in [0.5, 0.6) is 11.5 Å². The number of methoxy groups -OCH3 is 1. The second-order valence-corrected chi connectivity index (χ2v) is 6.99. The molecule has 7 nitrogen and oxygen atoms in total. The predicted molar refractivity (Wildman–Crippen MR) is 140 cm³/mol. The maximum atomic E-state index is 5.66. The molecule has 0 amide bonds. The maximum Gasteiger partial charge on any atom is 0.191 e. The Kier molecular flexibility index (Phi) is 10.9. The first-order valence-corrected chi connectivity index (χ1v) is 10.6. The van der Waals surface area contributed by atoms with Crippen LogP contribution < -0.4 is 20.1 Å². The highest BCUT2D eigenvalue weighted by Crippen LogP contribution is 2.28. The molecule has 2 aromatic carbocycles. The van der Waals surface area contributed by atoms with Crippen LogP contribution in [-0.4, -0.2) is 43.0 Å². The van der Waals surface area contributed by atoms with Crippen LogP contribution >= 0.6 is 24.0 Å². The third-order valence-corrected chi connectivity index (χ3v) is 4.83. The molecule has 0 aliphatic heterocycles. The van der Waals surface area contributed by atoms with Crippen molar-refractivity contribution in [3.63, 3.8) is 0 Å². The van der Waals surface area contributed by atoms with E-state index in [0.717, 1.165) is 48.1 Å². The van der Waals surface area contributed by atoms with Crippen LogP contribution in [0.3, 0.4) is 0 Å². The van der Waals surface area contributed by atoms with Crippen LogP contribution in [0.25, 0.3) is 5.69 Å². The standard InChI is InChI=1S/C24H31N5O2.HI/c1-4-31-23-17-19(11-12-22(23)30-3)9-6-13-26-24(25-2)27-18-20-8-5-10-21(16-20)29-15-7-14-28-29;/h5,7-8,10-12,14-17H,4,6,9,13,18H2,1-3H3,(H2,25,26,27);1H. The summed E-state index contributed by atoms with van der Waals surface area (Å²) in [7, 11) is 3.45. The smallest absolute Gasteiger partial charge is 0.191 e. The molecule has 1 heterocycles. The third-order valence-electron chi connectivity index (χ3n) is 4.83. The van der Waals surface area contributed by atoms with Gasteiger partial charge in [-0.1, -0.05) is 18.2 Å². The van der Waals surface area contributed by atoms with Crippen molar-refractivity contribution in [1.82, 2.24) is 20.4 Å². The van der Waals surface area contributed by atoms with Crippen molar-refractivity contribution in [3.8, 4) is 17.2 Å². The number of ether oxygens (including phenoxy) is 2. The van der Waals surface area contributed by atoms with Gasteiger partial charge in [0, 0.05) is 32.5 Å². The lowest BCUT2D eigenvalue weighted by atomic mass is 10.1. The summed E-state index contributed by atoms with van der Waals surface area (Å²) in [4.78, 5) is 4.32. The molecule has 8 heteroatoms. The van der Waals surface area contributed by atoms with Crippen molar-refractivity contribution in [2.24, 2.45) is 4.99 Å². The number of halogens is 1. The number of hydrogen-bond acceptors (Lipinski definition) is 4.